The molecule has 4 rings (SSSR count). The van der Waals surface area contributed by atoms with Gasteiger partial charge in [0.05, 0.1) is 5.39 Å². The molecule has 3 aromatic rings. The molecule has 2 heterocycles. The Labute approximate surface area is 162 Å². The van der Waals surface area contributed by atoms with Crippen molar-refractivity contribution in [1.29, 1.82) is 0 Å². The van der Waals surface area contributed by atoms with E-state index >= 15 is 0 Å². The summed E-state index contributed by atoms with van der Waals surface area (Å²) in [6, 6.07) is 6.48. The Morgan fingerprint density at radius 1 is 1.22 bits per heavy atom. The van der Waals surface area contributed by atoms with Gasteiger partial charge in [0, 0.05) is 25.0 Å². The van der Waals surface area contributed by atoms with Crippen LogP contribution in [0.15, 0.2) is 29.1 Å². The fraction of sp³-hybridized carbons (Fsp3) is 0.429. The number of hydrogen-bond acceptors (Lipinski definition) is 4. The van der Waals surface area contributed by atoms with Gasteiger partial charge in [-0.2, -0.15) is 0 Å². The van der Waals surface area contributed by atoms with Crippen LogP contribution in [0.25, 0.3) is 10.2 Å². The van der Waals surface area contributed by atoms with E-state index in [1.165, 1.54) is 29.0 Å². The zero-order chi connectivity index (χ0) is 19.0. The van der Waals surface area contributed by atoms with Crippen LogP contribution in [0.1, 0.15) is 42.2 Å². The molecule has 1 aromatic carbocycles. The van der Waals surface area contributed by atoms with Crippen molar-refractivity contribution in [1.82, 2.24) is 9.55 Å². The highest BCUT2D eigenvalue weighted by atomic mass is 32.1. The minimum atomic E-state index is -0.243. The van der Waals surface area contributed by atoms with E-state index in [1.807, 2.05) is 16.5 Å². The predicted octanol–water partition coefficient (Wildman–Crippen LogP) is 4.52. The molecule has 1 aliphatic rings. The van der Waals surface area contributed by atoms with Crippen LogP contribution in [-0.2, 0) is 25.9 Å². The number of benzene rings is 1. The predicted molar refractivity (Wildman–Crippen MR) is 109 cm³/mol. The Morgan fingerprint density at radius 2 is 1.96 bits per heavy atom. The third kappa shape index (κ3) is 3.38. The largest absolute Gasteiger partial charge is 0.341 e. The van der Waals surface area contributed by atoms with Crippen LogP contribution in [0.3, 0.4) is 0 Å². The lowest BCUT2D eigenvalue weighted by atomic mass is 9.97. The second kappa shape index (κ2) is 7.43. The minimum Gasteiger partial charge on any atom is -0.341 e. The third-order valence-electron chi connectivity index (χ3n) is 5.18. The summed E-state index contributed by atoms with van der Waals surface area (Å²) >= 11 is 1.68. The molecule has 0 aliphatic heterocycles. The molecule has 0 unspecified atom stereocenters. The lowest BCUT2D eigenvalue weighted by Crippen LogP contribution is -2.30. The fourth-order valence-electron chi connectivity index (χ4n) is 3.88. The first-order valence-electron chi connectivity index (χ1n) is 9.59. The number of aromatic nitrogens is 2. The van der Waals surface area contributed by atoms with Crippen molar-refractivity contribution in [3.8, 4) is 0 Å². The highest BCUT2D eigenvalue weighted by Gasteiger charge is 2.23. The lowest BCUT2D eigenvalue weighted by molar-refractivity contribution is 0.624. The van der Waals surface area contributed by atoms with E-state index in [2.05, 4.69) is 6.92 Å². The van der Waals surface area contributed by atoms with Crippen LogP contribution in [-0.4, -0.2) is 16.6 Å². The standard InChI is InChI=1S/C21H24FN3OS/c1-3-12-25-20(26)18-16-6-4-5-7-17(16)27-19(18)23-21(25)24(2)13-14-8-10-15(22)11-9-14/h8-11H,3-7,12-13H2,1-2H3. The maximum atomic E-state index is 13.3. The summed E-state index contributed by atoms with van der Waals surface area (Å²) in [7, 11) is 1.94. The number of rotatable bonds is 5. The minimum absolute atomic E-state index is 0.0854. The number of anilines is 1. The van der Waals surface area contributed by atoms with Crippen molar-refractivity contribution >= 4 is 27.5 Å². The summed E-state index contributed by atoms with van der Waals surface area (Å²) in [5.74, 6) is 0.449. The Morgan fingerprint density at radius 3 is 2.70 bits per heavy atom. The van der Waals surface area contributed by atoms with Gasteiger partial charge in [-0.25, -0.2) is 9.37 Å². The molecule has 0 saturated heterocycles. The van der Waals surface area contributed by atoms with Crippen molar-refractivity contribution in [2.75, 3.05) is 11.9 Å². The van der Waals surface area contributed by atoms with E-state index in [9.17, 15) is 9.18 Å². The first-order valence-corrected chi connectivity index (χ1v) is 10.4. The Balaban J connectivity index is 1.79. The van der Waals surface area contributed by atoms with E-state index in [0.717, 1.165) is 41.5 Å². The number of nitrogens with zero attached hydrogens (tertiary/aromatic N) is 3. The zero-order valence-electron chi connectivity index (χ0n) is 15.8. The van der Waals surface area contributed by atoms with Gasteiger partial charge in [0.2, 0.25) is 5.95 Å². The molecule has 0 fully saturated rings. The molecule has 6 heteroatoms. The molecule has 0 radical (unpaired) electrons. The van der Waals surface area contributed by atoms with Crippen LogP contribution >= 0.6 is 11.3 Å². The normalized spacial score (nSPS) is 13.7. The second-order valence-corrected chi connectivity index (χ2v) is 8.33. The second-order valence-electron chi connectivity index (χ2n) is 7.24. The van der Waals surface area contributed by atoms with Crippen molar-refractivity contribution in [3.05, 3.63) is 56.4 Å². The van der Waals surface area contributed by atoms with Crippen LogP contribution in [0.4, 0.5) is 10.3 Å². The summed E-state index contributed by atoms with van der Waals surface area (Å²) in [6.45, 7) is 3.30. The highest BCUT2D eigenvalue weighted by molar-refractivity contribution is 7.18. The average Bonchev–Trinajstić information content (AvgIpc) is 3.04. The topological polar surface area (TPSA) is 38.1 Å². The van der Waals surface area contributed by atoms with E-state index in [4.69, 9.17) is 4.98 Å². The molecule has 4 nitrogen and oxygen atoms in total. The first-order chi connectivity index (χ1) is 13.1. The van der Waals surface area contributed by atoms with Crippen LogP contribution in [0.2, 0.25) is 0 Å². The van der Waals surface area contributed by atoms with Crippen molar-refractivity contribution in [2.45, 2.75) is 52.1 Å². The van der Waals surface area contributed by atoms with Gasteiger partial charge < -0.3 is 4.90 Å². The van der Waals surface area contributed by atoms with Gasteiger partial charge in [-0.3, -0.25) is 9.36 Å². The number of halogens is 1. The van der Waals surface area contributed by atoms with E-state index in [1.54, 1.807) is 23.5 Å². The molecular formula is C21H24FN3OS. The summed E-state index contributed by atoms with van der Waals surface area (Å²) in [4.78, 5) is 22.4. The van der Waals surface area contributed by atoms with Gasteiger partial charge in [-0.05, 0) is 55.4 Å². The van der Waals surface area contributed by atoms with Gasteiger partial charge in [0.1, 0.15) is 10.6 Å². The number of thiophene rings is 1. The number of aryl methyl sites for hydroxylation is 2. The Hall–Kier alpha value is -2.21. The highest BCUT2D eigenvalue weighted by Crippen LogP contribution is 2.34. The molecule has 0 saturated carbocycles. The maximum absolute atomic E-state index is 13.3. The van der Waals surface area contributed by atoms with Gasteiger partial charge in [-0.15, -0.1) is 11.3 Å². The summed E-state index contributed by atoms with van der Waals surface area (Å²) in [6.07, 6.45) is 5.27. The maximum Gasteiger partial charge on any atom is 0.263 e. The smallest absolute Gasteiger partial charge is 0.263 e. The quantitative estimate of drug-likeness (QED) is 0.648. The van der Waals surface area contributed by atoms with Crippen LogP contribution in [0.5, 0.6) is 0 Å². The number of hydrogen-bond donors (Lipinski definition) is 0. The first kappa shape index (κ1) is 18.2. The van der Waals surface area contributed by atoms with Gasteiger partial charge in [-0.1, -0.05) is 19.1 Å². The third-order valence-corrected chi connectivity index (χ3v) is 6.36. The molecule has 142 valence electrons. The molecule has 0 bridgehead atoms. The van der Waals surface area contributed by atoms with E-state index < -0.39 is 0 Å². The van der Waals surface area contributed by atoms with Crippen LogP contribution in [0, 0.1) is 5.82 Å². The van der Waals surface area contributed by atoms with Crippen molar-refractivity contribution < 1.29 is 4.39 Å². The zero-order valence-corrected chi connectivity index (χ0v) is 16.6. The molecule has 27 heavy (non-hydrogen) atoms. The molecule has 0 spiro atoms. The molecule has 1 aliphatic carbocycles. The fourth-order valence-corrected chi connectivity index (χ4v) is 5.13. The summed E-state index contributed by atoms with van der Waals surface area (Å²) in [5, 5.41) is 0.835. The molecule has 0 N–H and O–H groups in total. The average molecular weight is 386 g/mol. The SMILES string of the molecule is CCCn1c(N(C)Cc2ccc(F)cc2)nc2sc3c(c2c1=O)CCCC3. The summed E-state index contributed by atoms with van der Waals surface area (Å²) < 4.78 is 15.0. The van der Waals surface area contributed by atoms with Gasteiger partial charge >= 0.3 is 0 Å². The van der Waals surface area contributed by atoms with Crippen LogP contribution < -0.4 is 10.5 Å². The molecular weight excluding hydrogens is 361 g/mol. The molecule has 0 atom stereocenters. The van der Waals surface area contributed by atoms with Crippen molar-refractivity contribution in [2.24, 2.45) is 0 Å². The van der Waals surface area contributed by atoms with E-state index in [-0.39, 0.29) is 11.4 Å². The monoisotopic (exact) mass is 385 g/mol. The van der Waals surface area contributed by atoms with Crippen molar-refractivity contribution in [3.63, 3.8) is 0 Å². The van der Waals surface area contributed by atoms with Gasteiger partial charge in [0.15, 0.2) is 0 Å². The van der Waals surface area contributed by atoms with E-state index in [0.29, 0.717) is 19.0 Å². The number of fused-ring (bicyclic) bond motifs is 3. The van der Waals surface area contributed by atoms with Gasteiger partial charge in [0.25, 0.3) is 5.56 Å². The Kier molecular flexibility index (Phi) is 5.00. The summed E-state index contributed by atoms with van der Waals surface area (Å²) in [5.41, 5.74) is 2.31. The lowest BCUT2D eigenvalue weighted by Gasteiger charge is -2.22. The molecule has 2 aromatic heterocycles. The Bertz CT molecular complexity index is 1020. The molecule has 0 amide bonds.